The van der Waals surface area contributed by atoms with Crippen molar-refractivity contribution in [2.75, 3.05) is 20.3 Å². The van der Waals surface area contributed by atoms with Crippen LogP contribution in [0.25, 0.3) is 0 Å². The average molecular weight is 453 g/mol. The van der Waals surface area contributed by atoms with Gasteiger partial charge in [-0.1, -0.05) is 24.3 Å². The van der Waals surface area contributed by atoms with Gasteiger partial charge in [0.05, 0.1) is 13.2 Å². The Kier molecular flexibility index (Phi) is 7.37. The smallest absolute Gasteiger partial charge is 0.255 e. The predicted molar refractivity (Wildman–Crippen MR) is 125 cm³/mol. The summed E-state index contributed by atoms with van der Waals surface area (Å²) in [5.74, 6) is 1.57. The number of primary amides is 1. The Bertz CT molecular complexity index is 986. The van der Waals surface area contributed by atoms with Crippen molar-refractivity contribution >= 4 is 11.8 Å². The van der Waals surface area contributed by atoms with Crippen LogP contribution < -0.4 is 25.3 Å². The zero-order valence-electron chi connectivity index (χ0n) is 19.0. The summed E-state index contributed by atoms with van der Waals surface area (Å²) in [6.45, 7) is 0.399. The van der Waals surface area contributed by atoms with Gasteiger partial charge in [-0.15, -0.1) is 0 Å². The van der Waals surface area contributed by atoms with Crippen molar-refractivity contribution in [3.05, 3.63) is 53.6 Å². The summed E-state index contributed by atoms with van der Waals surface area (Å²) >= 11 is 0. The number of amides is 2. The van der Waals surface area contributed by atoms with Crippen LogP contribution in [0, 0.1) is 5.92 Å². The van der Waals surface area contributed by atoms with Crippen LogP contribution in [0.3, 0.4) is 0 Å². The monoisotopic (exact) mass is 452 g/mol. The molecule has 1 saturated heterocycles. The quantitative estimate of drug-likeness (QED) is 0.608. The molecular formula is C26H32N2O5. The van der Waals surface area contributed by atoms with Crippen LogP contribution in [0.1, 0.15) is 49.1 Å². The van der Waals surface area contributed by atoms with Crippen molar-refractivity contribution in [2.45, 2.75) is 50.5 Å². The van der Waals surface area contributed by atoms with Crippen molar-refractivity contribution in [1.29, 1.82) is 0 Å². The maximum Gasteiger partial charge on any atom is 0.255 e. The number of carbonyl (C=O) groups is 2. The first-order valence-electron chi connectivity index (χ1n) is 11.6. The molecule has 7 nitrogen and oxygen atoms in total. The highest BCUT2D eigenvalue weighted by Crippen LogP contribution is 2.37. The number of piperidine rings is 1. The molecule has 4 rings (SSSR count). The molecule has 2 aliphatic rings. The zero-order valence-corrected chi connectivity index (χ0v) is 19.0. The van der Waals surface area contributed by atoms with Crippen LogP contribution in [0.15, 0.2) is 42.5 Å². The number of carbonyl (C=O) groups excluding carboxylic acids is 2. The van der Waals surface area contributed by atoms with E-state index in [0.717, 1.165) is 35.5 Å². The first kappa shape index (κ1) is 23.0. The largest absolute Gasteiger partial charge is 0.493 e. The topological polar surface area (TPSA) is 99.9 Å². The molecule has 2 aromatic carbocycles. The van der Waals surface area contributed by atoms with E-state index in [4.69, 9.17) is 19.9 Å². The van der Waals surface area contributed by atoms with E-state index >= 15 is 0 Å². The number of hydrogen-bond acceptors (Lipinski definition) is 5. The van der Waals surface area contributed by atoms with Gasteiger partial charge in [0.2, 0.25) is 5.91 Å². The number of rotatable bonds is 9. The van der Waals surface area contributed by atoms with Crippen LogP contribution in [0.5, 0.6) is 17.2 Å². The normalized spacial score (nSPS) is 20.8. The SMILES string of the molecule is COc1ccc([C@H]2CNC(=O)[C@@H](Cc3ccccc3OCC(N)=O)C2)cc1OC1CCCC1. The van der Waals surface area contributed by atoms with E-state index in [9.17, 15) is 9.59 Å². The molecular weight excluding hydrogens is 420 g/mol. The van der Waals surface area contributed by atoms with Crippen molar-refractivity contribution < 1.29 is 23.8 Å². The summed E-state index contributed by atoms with van der Waals surface area (Å²) in [7, 11) is 1.66. The van der Waals surface area contributed by atoms with Crippen molar-refractivity contribution in [3.63, 3.8) is 0 Å². The number of para-hydroxylation sites is 1. The maximum atomic E-state index is 12.7. The molecule has 0 aromatic heterocycles. The van der Waals surface area contributed by atoms with Crippen molar-refractivity contribution in [1.82, 2.24) is 5.32 Å². The number of nitrogens with one attached hydrogen (secondary N) is 1. The van der Waals surface area contributed by atoms with Crippen LogP contribution in [0.2, 0.25) is 0 Å². The van der Waals surface area contributed by atoms with E-state index < -0.39 is 5.91 Å². The lowest BCUT2D eigenvalue weighted by Gasteiger charge is -2.30. The molecule has 2 atom stereocenters. The average Bonchev–Trinajstić information content (AvgIpc) is 3.33. The summed E-state index contributed by atoms with van der Waals surface area (Å²) in [5.41, 5.74) is 7.24. The van der Waals surface area contributed by atoms with E-state index in [-0.39, 0.29) is 30.5 Å². The molecule has 2 aromatic rings. The Morgan fingerprint density at radius 1 is 1.09 bits per heavy atom. The molecule has 176 valence electrons. The van der Waals surface area contributed by atoms with Gasteiger partial charge in [0.1, 0.15) is 5.75 Å². The fourth-order valence-electron chi connectivity index (χ4n) is 4.78. The van der Waals surface area contributed by atoms with Gasteiger partial charge in [0, 0.05) is 18.4 Å². The van der Waals surface area contributed by atoms with Crippen LogP contribution in [-0.4, -0.2) is 38.2 Å². The minimum atomic E-state index is -0.532. The lowest BCUT2D eigenvalue weighted by atomic mass is 9.82. The first-order valence-corrected chi connectivity index (χ1v) is 11.6. The molecule has 1 heterocycles. The van der Waals surface area contributed by atoms with Gasteiger partial charge in [-0.05, 0) is 67.9 Å². The van der Waals surface area contributed by atoms with Gasteiger partial charge in [-0.3, -0.25) is 9.59 Å². The van der Waals surface area contributed by atoms with Crippen molar-refractivity contribution in [2.24, 2.45) is 11.7 Å². The minimum absolute atomic E-state index is 0.0342. The summed E-state index contributed by atoms with van der Waals surface area (Å²) in [6, 6.07) is 13.6. The van der Waals surface area contributed by atoms with E-state index in [1.807, 2.05) is 24.3 Å². The maximum absolute atomic E-state index is 12.7. The molecule has 7 heteroatoms. The number of ether oxygens (including phenoxy) is 3. The third-order valence-electron chi connectivity index (χ3n) is 6.53. The lowest BCUT2D eigenvalue weighted by molar-refractivity contribution is -0.127. The fraction of sp³-hybridized carbons (Fsp3) is 0.462. The summed E-state index contributed by atoms with van der Waals surface area (Å²) < 4.78 is 17.3. The second kappa shape index (κ2) is 10.6. The van der Waals surface area contributed by atoms with Gasteiger partial charge >= 0.3 is 0 Å². The number of hydrogen-bond donors (Lipinski definition) is 2. The third-order valence-corrected chi connectivity index (χ3v) is 6.53. The highest BCUT2D eigenvalue weighted by Gasteiger charge is 2.31. The molecule has 2 amide bonds. The molecule has 1 aliphatic carbocycles. The fourth-order valence-corrected chi connectivity index (χ4v) is 4.78. The Hall–Kier alpha value is -3.22. The van der Waals surface area contributed by atoms with Gasteiger partial charge in [-0.2, -0.15) is 0 Å². The zero-order chi connectivity index (χ0) is 23.2. The number of benzene rings is 2. The van der Waals surface area contributed by atoms with Gasteiger partial charge in [-0.25, -0.2) is 0 Å². The highest BCUT2D eigenvalue weighted by molar-refractivity contribution is 5.80. The second-order valence-corrected chi connectivity index (χ2v) is 8.88. The Balaban J connectivity index is 1.49. The second-order valence-electron chi connectivity index (χ2n) is 8.88. The van der Waals surface area contributed by atoms with Gasteiger partial charge in [0.25, 0.3) is 5.91 Å². The molecule has 0 spiro atoms. The van der Waals surface area contributed by atoms with E-state index in [1.165, 1.54) is 12.8 Å². The van der Waals surface area contributed by atoms with Crippen molar-refractivity contribution in [3.8, 4) is 17.2 Å². The molecule has 0 bridgehead atoms. The lowest BCUT2D eigenvalue weighted by Crippen LogP contribution is -2.41. The van der Waals surface area contributed by atoms with E-state index in [0.29, 0.717) is 25.1 Å². The third kappa shape index (κ3) is 5.78. The molecule has 2 fully saturated rings. The van der Waals surface area contributed by atoms with Crippen LogP contribution in [0.4, 0.5) is 0 Å². The van der Waals surface area contributed by atoms with Gasteiger partial charge in [0.15, 0.2) is 18.1 Å². The van der Waals surface area contributed by atoms with E-state index in [2.05, 4.69) is 17.4 Å². The summed E-state index contributed by atoms with van der Waals surface area (Å²) in [5, 5.41) is 3.07. The standard InChI is InChI=1S/C26H32N2O5/c1-31-23-11-10-17(14-24(23)33-21-7-3-4-8-21)20-13-19(26(30)28-15-20)12-18-6-2-5-9-22(18)32-16-25(27)29/h2,5-6,9-11,14,19-21H,3-4,7-8,12-13,15-16H2,1H3,(H2,27,29)(H,28,30)/t19-,20+/m0/s1. The van der Waals surface area contributed by atoms with Crippen LogP contribution >= 0.6 is 0 Å². The Labute approximate surface area is 194 Å². The Morgan fingerprint density at radius 3 is 2.64 bits per heavy atom. The minimum Gasteiger partial charge on any atom is -0.493 e. The van der Waals surface area contributed by atoms with Gasteiger partial charge < -0.3 is 25.3 Å². The summed E-state index contributed by atoms with van der Waals surface area (Å²) in [4.78, 5) is 23.8. The Morgan fingerprint density at radius 2 is 1.88 bits per heavy atom. The molecule has 1 saturated carbocycles. The summed E-state index contributed by atoms with van der Waals surface area (Å²) in [6.07, 6.45) is 6.04. The molecule has 1 aliphatic heterocycles. The molecule has 0 radical (unpaired) electrons. The predicted octanol–water partition coefficient (Wildman–Crippen LogP) is 3.34. The molecule has 3 N–H and O–H groups in total. The van der Waals surface area contributed by atoms with E-state index in [1.54, 1.807) is 13.2 Å². The number of nitrogens with two attached hydrogens (primary N) is 1. The number of methoxy groups -OCH3 is 1. The van der Waals surface area contributed by atoms with Crippen LogP contribution in [-0.2, 0) is 16.0 Å². The first-order chi connectivity index (χ1) is 16.0. The molecule has 0 unspecified atom stereocenters. The highest BCUT2D eigenvalue weighted by atomic mass is 16.5. The molecule has 33 heavy (non-hydrogen) atoms.